The summed E-state index contributed by atoms with van der Waals surface area (Å²) in [6, 6.07) is 16.9. The Morgan fingerprint density at radius 1 is 1.00 bits per heavy atom. The predicted octanol–water partition coefficient (Wildman–Crippen LogP) is 3.73. The van der Waals surface area contributed by atoms with Gasteiger partial charge in [0.25, 0.3) is 0 Å². The van der Waals surface area contributed by atoms with E-state index in [4.69, 9.17) is 9.47 Å². The molecule has 0 bridgehead atoms. The number of amides is 2. The second kappa shape index (κ2) is 10.5. The minimum Gasteiger partial charge on any atom is -0.497 e. The Bertz CT molecular complexity index is 784. The molecule has 2 aromatic rings. The van der Waals surface area contributed by atoms with Gasteiger partial charge in [-0.25, -0.2) is 0 Å². The quantitative estimate of drug-likeness (QED) is 0.691. The van der Waals surface area contributed by atoms with Crippen LogP contribution in [0.5, 0.6) is 11.5 Å². The second-order valence-corrected chi connectivity index (χ2v) is 7.14. The smallest absolute Gasteiger partial charge is 0.227 e. The van der Waals surface area contributed by atoms with Crippen molar-refractivity contribution in [3.8, 4) is 11.5 Å². The molecule has 0 unspecified atom stereocenters. The van der Waals surface area contributed by atoms with Gasteiger partial charge in [-0.2, -0.15) is 0 Å². The van der Waals surface area contributed by atoms with Crippen LogP contribution in [0.25, 0.3) is 0 Å². The molecule has 154 valence electrons. The normalized spacial score (nSPS) is 14.3. The van der Waals surface area contributed by atoms with Gasteiger partial charge in [0.05, 0.1) is 13.7 Å². The third-order valence-corrected chi connectivity index (χ3v) is 5.12. The lowest BCUT2D eigenvalue weighted by Gasteiger charge is -2.31. The maximum absolute atomic E-state index is 12.4. The lowest BCUT2D eigenvalue weighted by Crippen LogP contribution is -2.41. The summed E-state index contributed by atoms with van der Waals surface area (Å²) in [6.07, 6.45) is 2.52. The largest absolute Gasteiger partial charge is 0.497 e. The van der Waals surface area contributed by atoms with Gasteiger partial charge < -0.3 is 19.7 Å². The molecule has 1 fully saturated rings. The number of anilines is 1. The van der Waals surface area contributed by atoms with Crippen LogP contribution >= 0.6 is 0 Å². The van der Waals surface area contributed by atoms with E-state index in [2.05, 4.69) is 5.32 Å². The molecule has 0 atom stereocenters. The average Bonchev–Trinajstić information content (AvgIpc) is 2.77. The van der Waals surface area contributed by atoms with Crippen molar-refractivity contribution in [2.24, 2.45) is 5.92 Å². The molecular formula is C23H28N2O4. The Balaban J connectivity index is 1.33. The topological polar surface area (TPSA) is 67.9 Å². The number of methoxy groups -OCH3 is 1. The highest BCUT2D eigenvalue weighted by Gasteiger charge is 2.27. The van der Waals surface area contributed by atoms with E-state index in [1.807, 2.05) is 59.5 Å². The Morgan fingerprint density at radius 3 is 2.31 bits per heavy atom. The summed E-state index contributed by atoms with van der Waals surface area (Å²) >= 11 is 0. The highest BCUT2D eigenvalue weighted by Crippen LogP contribution is 2.21. The minimum atomic E-state index is -0.0438. The molecule has 6 nitrogen and oxygen atoms in total. The third-order valence-electron chi connectivity index (χ3n) is 5.12. The number of carbonyl (C=O) groups excluding carboxylic acids is 2. The number of ether oxygens (including phenoxy) is 2. The first kappa shape index (κ1) is 20.7. The summed E-state index contributed by atoms with van der Waals surface area (Å²) in [5.41, 5.74) is 0.813. The number of hydrogen-bond acceptors (Lipinski definition) is 4. The van der Waals surface area contributed by atoms with Crippen molar-refractivity contribution < 1.29 is 19.1 Å². The molecule has 0 aromatic heterocycles. The molecule has 1 heterocycles. The van der Waals surface area contributed by atoms with E-state index in [0.29, 0.717) is 45.4 Å². The van der Waals surface area contributed by atoms with Gasteiger partial charge in [0, 0.05) is 31.1 Å². The van der Waals surface area contributed by atoms with Gasteiger partial charge >= 0.3 is 0 Å². The maximum Gasteiger partial charge on any atom is 0.227 e. The molecule has 0 aliphatic carbocycles. The zero-order valence-corrected chi connectivity index (χ0v) is 16.8. The molecule has 0 spiro atoms. The van der Waals surface area contributed by atoms with E-state index in [1.54, 1.807) is 7.11 Å². The fraction of sp³-hybridized carbons (Fsp3) is 0.391. The van der Waals surface area contributed by atoms with Crippen LogP contribution in [0.2, 0.25) is 0 Å². The van der Waals surface area contributed by atoms with Gasteiger partial charge in [-0.3, -0.25) is 9.59 Å². The van der Waals surface area contributed by atoms with Crippen LogP contribution in [0.1, 0.15) is 25.7 Å². The van der Waals surface area contributed by atoms with Crippen molar-refractivity contribution >= 4 is 17.5 Å². The maximum atomic E-state index is 12.4. The summed E-state index contributed by atoms with van der Waals surface area (Å²) in [5.74, 6) is 1.68. The van der Waals surface area contributed by atoms with Crippen LogP contribution < -0.4 is 14.8 Å². The summed E-state index contributed by atoms with van der Waals surface area (Å²) in [4.78, 5) is 26.7. The zero-order valence-electron chi connectivity index (χ0n) is 16.8. The summed E-state index contributed by atoms with van der Waals surface area (Å²) in [7, 11) is 1.62. The number of benzene rings is 2. The second-order valence-electron chi connectivity index (χ2n) is 7.14. The van der Waals surface area contributed by atoms with Crippen LogP contribution in [0.3, 0.4) is 0 Å². The van der Waals surface area contributed by atoms with Crippen LogP contribution in [0.15, 0.2) is 54.6 Å². The average molecular weight is 396 g/mol. The number of likely N-dealkylation sites (tertiary alicyclic amines) is 1. The number of nitrogens with one attached hydrogen (secondary N) is 1. The summed E-state index contributed by atoms with van der Waals surface area (Å²) in [5, 5.41) is 2.95. The number of piperidine rings is 1. The van der Waals surface area contributed by atoms with Crippen molar-refractivity contribution in [3.63, 3.8) is 0 Å². The molecule has 0 saturated carbocycles. The Labute approximate surface area is 171 Å². The molecule has 1 aliphatic rings. The van der Waals surface area contributed by atoms with Crippen LogP contribution in [-0.2, 0) is 9.59 Å². The molecule has 29 heavy (non-hydrogen) atoms. The molecule has 6 heteroatoms. The van der Waals surface area contributed by atoms with Crippen molar-refractivity contribution in [2.75, 3.05) is 32.1 Å². The fourth-order valence-electron chi connectivity index (χ4n) is 3.40. The predicted molar refractivity (Wildman–Crippen MR) is 112 cm³/mol. The fourth-order valence-corrected chi connectivity index (χ4v) is 3.40. The molecule has 1 N–H and O–H groups in total. The van der Waals surface area contributed by atoms with Crippen molar-refractivity contribution in [1.29, 1.82) is 0 Å². The van der Waals surface area contributed by atoms with Gasteiger partial charge in [-0.1, -0.05) is 18.2 Å². The number of hydrogen-bond donors (Lipinski definition) is 1. The van der Waals surface area contributed by atoms with E-state index in [1.165, 1.54) is 0 Å². The first-order valence-electron chi connectivity index (χ1n) is 10.1. The monoisotopic (exact) mass is 396 g/mol. The first-order valence-corrected chi connectivity index (χ1v) is 10.1. The SMILES string of the molecule is COc1ccc(OCCCC(=O)N2CCC(C(=O)Nc3ccccc3)CC2)cc1. The zero-order chi connectivity index (χ0) is 20.5. The van der Waals surface area contributed by atoms with Crippen molar-refractivity contribution in [1.82, 2.24) is 4.90 Å². The van der Waals surface area contributed by atoms with Crippen molar-refractivity contribution in [2.45, 2.75) is 25.7 Å². The first-order chi connectivity index (χ1) is 14.2. The molecule has 2 aromatic carbocycles. The van der Waals surface area contributed by atoms with Gasteiger partial charge in [0.1, 0.15) is 11.5 Å². The Hall–Kier alpha value is -3.02. The number of carbonyl (C=O) groups is 2. The lowest BCUT2D eigenvalue weighted by molar-refractivity contribution is -0.134. The van der Waals surface area contributed by atoms with E-state index in [0.717, 1.165) is 17.2 Å². The van der Waals surface area contributed by atoms with Crippen LogP contribution in [0, 0.1) is 5.92 Å². The summed E-state index contributed by atoms with van der Waals surface area (Å²) < 4.78 is 10.8. The van der Waals surface area contributed by atoms with Gasteiger partial charge in [-0.05, 0) is 55.7 Å². The Kier molecular flexibility index (Phi) is 7.50. The molecule has 0 radical (unpaired) electrons. The molecule has 3 rings (SSSR count). The number of para-hydroxylation sites is 1. The molecular weight excluding hydrogens is 368 g/mol. The minimum absolute atomic E-state index is 0.0381. The molecule has 1 aliphatic heterocycles. The lowest BCUT2D eigenvalue weighted by atomic mass is 9.95. The van der Waals surface area contributed by atoms with Crippen molar-refractivity contribution in [3.05, 3.63) is 54.6 Å². The van der Waals surface area contributed by atoms with Gasteiger partial charge in [-0.15, -0.1) is 0 Å². The van der Waals surface area contributed by atoms with Gasteiger partial charge in [0.15, 0.2) is 0 Å². The summed E-state index contributed by atoms with van der Waals surface area (Å²) in [6.45, 7) is 1.75. The number of rotatable bonds is 8. The van der Waals surface area contributed by atoms with Crippen LogP contribution in [-0.4, -0.2) is 43.5 Å². The standard InChI is InChI=1S/C23H28N2O4/c1-28-20-9-11-21(12-10-20)29-17-5-8-22(26)25-15-13-18(14-16-25)23(27)24-19-6-3-2-4-7-19/h2-4,6-7,9-12,18H,5,8,13-17H2,1H3,(H,24,27). The van der Waals surface area contributed by atoms with Gasteiger partial charge in [0.2, 0.25) is 11.8 Å². The number of nitrogens with zero attached hydrogens (tertiary/aromatic N) is 1. The molecule has 2 amide bonds. The molecule has 1 saturated heterocycles. The third kappa shape index (κ3) is 6.24. The van der Waals surface area contributed by atoms with E-state index >= 15 is 0 Å². The van der Waals surface area contributed by atoms with E-state index in [9.17, 15) is 9.59 Å². The Morgan fingerprint density at radius 2 is 1.66 bits per heavy atom. The highest BCUT2D eigenvalue weighted by atomic mass is 16.5. The van der Waals surface area contributed by atoms with E-state index in [-0.39, 0.29) is 17.7 Å². The van der Waals surface area contributed by atoms with E-state index < -0.39 is 0 Å². The highest BCUT2D eigenvalue weighted by molar-refractivity contribution is 5.92. The van der Waals surface area contributed by atoms with Crippen LogP contribution in [0.4, 0.5) is 5.69 Å².